The molecule has 1 atom stereocenters. The number of thiazole rings is 1. The number of benzene rings is 4. The molecule has 0 saturated heterocycles. The van der Waals surface area contributed by atoms with Crippen molar-refractivity contribution in [2.24, 2.45) is 0 Å². The van der Waals surface area contributed by atoms with Crippen LogP contribution in [0.15, 0.2) is 69.6 Å². The highest BCUT2D eigenvalue weighted by molar-refractivity contribution is 9.10. The number of halogens is 1. The molecule has 4 nitrogen and oxygen atoms in total. The topological polar surface area (TPSA) is 51.0 Å². The lowest BCUT2D eigenvalue weighted by Gasteiger charge is -2.31. The second kappa shape index (κ2) is 7.64. The van der Waals surface area contributed by atoms with Gasteiger partial charge in [-0.05, 0) is 36.8 Å². The number of aryl methyl sites for hydroxylation is 1. The number of nitrogens with one attached hydrogen (secondary N) is 1. The molecule has 36 heavy (non-hydrogen) atoms. The molecule has 0 bridgehead atoms. The lowest BCUT2D eigenvalue weighted by molar-refractivity contribution is 0.409. The van der Waals surface area contributed by atoms with Crippen molar-refractivity contribution in [1.29, 1.82) is 0 Å². The fourth-order valence-corrected chi connectivity index (χ4v) is 6.48. The summed E-state index contributed by atoms with van der Waals surface area (Å²) in [5.74, 6) is 0.696. The zero-order chi connectivity index (χ0) is 24.8. The first-order valence-electron chi connectivity index (χ1n) is 12.1. The minimum atomic E-state index is -0.209. The molecule has 6 aromatic rings. The highest BCUT2D eigenvalue weighted by Gasteiger charge is 2.36. The fourth-order valence-electron chi connectivity index (χ4n) is 5.38. The smallest absolute Gasteiger partial charge is 0.200 e. The Balaban J connectivity index is 1.67. The SMILES string of the molecule is Cc1nc2c3c(ccc2s1)Nc1c(c2oc(C(C)(C)C)nc2c2ccccc12)C3c1ccc(Br)cc1. The number of rotatable bonds is 1. The van der Waals surface area contributed by atoms with Crippen molar-refractivity contribution in [1.82, 2.24) is 9.97 Å². The maximum atomic E-state index is 6.67. The first-order chi connectivity index (χ1) is 17.3. The monoisotopic (exact) mass is 553 g/mol. The van der Waals surface area contributed by atoms with Gasteiger partial charge in [0.25, 0.3) is 0 Å². The number of hydrogen-bond acceptors (Lipinski definition) is 5. The van der Waals surface area contributed by atoms with Crippen molar-refractivity contribution in [2.75, 3.05) is 5.32 Å². The second-order valence-electron chi connectivity index (χ2n) is 10.5. The molecule has 6 heteroatoms. The van der Waals surface area contributed by atoms with Crippen LogP contribution in [-0.2, 0) is 5.41 Å². The standard InChI is InChI=1S/C30H24BrN3OS/c1-15-32-27-21(36-15)14-13-20-23(27)22(16-9-11-17(31)12-10-16)24-25(33-20)18-7-5-6-8-19(18)26-28(24)35-29(34-26)30(2,3)4/h5-14,22,33H,1-4H3. The molecular weight excluding hydrogens is 530 g/mol. The Bertz CT molecular complexity index is 1830. The predicted molar refractivity (Wildman–Crippen MR) is 153 cm³/mol. The van der Waals surface area contributed by atoms with Crippen molar-refractivity contribution in [2.45, 2.75) is 39.0 Å². The van der Waals surface area contributed by atoms with Gasteiger partial charge in [-0.3, -0.25) is 0 Å². The summed E-state index contributed by atoms with van der Waals surface area (Å²) in [6.45, 7) is 8.52. The molecule has 0 amide bonds. The quantitative estimate of drug-likeness (QED) is 0.220. The summed E-state index contributed by atoms with van der Waals surface area (Å²) in [7, 11) is 0. The zero-order valence-electron chi connectivity index (χ0n) is 20.4. The Morgan fingerprint density at radius 2 is 1.64 bits per heavy atom. The van der Waals surface area contributed by atoms with Crippen LogP contribution < -0.4 is 5.32 Å². The minimum Gasteiger partial charge on any atom is -0.440 e. The number of hydrogen-bond donors (Lipinski definition) is 1. The van der Waals surface area contributed by atoms with E-state index in [-0.39, 0.29) is 11.3 Å². The average molecular weight is 555 g/mol. The van der Waals surface area contributed by atoms with Gasteiger partial charge in [-0.2, -0.15) is 0 Å². The summed E-state index contributed by atoms with van der Waals surface area (Å²) in [5, 5.41) is 7.12. The highest BCUT2D eigenvalue weighted by atomic mass is 79.9. The molecule has 1 N–H and O–H groups in total. The van der Waals surface area contributed by atoms with Gasteiger partial charge in [-0.1, -0.05) is 73.1 Å². The maximum absolute atomic E-state index is 6.67. The number of fused-ring (bicyclic) bond motifs is 9. The van der Waals surface area contributed by atoms with Crippen LogP contribution in [0.5, 0.6) is 0 Å². The number of nitrogens with zero attached hydrogens (tertiary/aromatic N) is 2. The Morgan fingerprint density at radius 1 is 0.889 bits per heavy atom. The lowest BCUT2D eigenvalue weighted by atomic mass is 9.79. The summed E-state index contributed by atoms with van der Waals surface area (Å²) in [5.41, 5.74) is 8.31. The number of aromatic nitrogens is 2. The van der Waals surface area contributed by atoms with E-state index in [0.29, 0.717) is 0 Å². The summed E-state index contributed by atoms with van der Waals surface area (Å²) in [4.78, 5) is 10.1. The number of anilines is 2. The fraction of sp³-hybridized carbons (Fsp3) is 0.200. The molecular formula is C30H24BrN3OS. The Hall–Kier alpha value is -3.22. The molecule has 1 aliphatic heterocycles. The summed E-state index contributed by atoms with van der Waals surface area (Å²) in [6.07, 6.45) is 0. The highest BCUT2D eigenvalue weighted by Crippen LogP contribution is 2.53. The molecule has 178 valence electrons. The van der Waals surface area contributed by atoms with Crippen LogP contribution in [0, 0.1) is 6.92 Å². The van der Waals surface area contributed by atoms with Crippen LogP contribution in [-0.4, -0.2) is 9.97 Å². The summed E-state index contributed by atoms with van der Waals surface area (Å²) in [6, 6.07) is 21.5. The molecule has 2 aromatic heterocycles. The summed E-state index contributed by atoms with van der Waals surface area (Å²) >= 11 is 5.36. The molecule has 0 aliphatic carbocycles. The largest absolute Gasteiger partial charge is 0.440 e. The molecule has 7 rings (SSSR count). The molecule has 3 heterocycles. The first kappa shape index (κ1) is 22.0. The van der Waals surface area contributed by atoms with Gasteiger partial charge in [-0.25, -0.2) is 9.97 Å². The van der Waals surface area contributed by atoms with E-state index in [1.54, 1.807) is 11.3 Å². The first-order valence-corrected chi connectivity index (χ1v) is 13.7. The number of oxazole rings is 1. The Morgan fingerprint density at radius 3 is 2.39 bits per heavy atom. The van der Waals surface area contributed by atoms with Crippen LogP contribution in [0.4, 0.5) is 11.4 Å². The van der Waals surface area contributed by atoms with Crippen LogP contribution in [0.25, 0.3) is 32.1 Å². The van der Waals surface area contributed by atoms with E-state index in [1.807, 2.05) is 0 Å². The molecule has 0 fully saturated rings. The van der Waals surface area contributed by atoms with Gasteiger partial charge in [0.2, 0.25) is 5.89 Å². The molecule has 0 spiro atoms. The van der Waals surface area contributed by atoms with Gasteiger partial charge in [0, 0.05) is 43.4 Å². The van der Waals surface area contributed by atoms with E-state index in [2.05, 4.69) is 110 Å². The molecule has 4 aromatic carbocycles. The molecule has 0 saturated carbocycles. The molecule has 1 aliphatic rings. The van der Waals surface area contributed by atoms with Crippen LogP contribution >= 0.6 is 27.3 Å². The van der Waals surface area contributed by atoms with Crippen molar-refractivity contribution in [3.05, 3.63) is 92.7 Å². The van der Waals surface area contributed by atoms with Crippen molar-refractivity contribution >= 4 is 70.7 Å². The van der Waals surface area contributed by atoms with Crippen molar-refractivity contribution in [3.8, 4) is 0 Å². The van der Waals surface area contributed by atoms with Gasteiger partial charge in [-0.15, -0.1) is 11.3 Å². The van der Waals surface area contributed by atoms with E-state index in [1.165, 1.54) is 15.8 Å². The third-order valence-corrected chi connectivity index (χ3v) is 8.45. The van der Waals surface area contributed by atoms with E-state index in [4.69, 9.17) is 14.4 Å². The van der Waals surface area contributed by atoms with Crippen molar-refractivity contribution in [3.63, 3.8) is 0 Å². The van der Waals surface area contributed by atoms with E-state index < -0.39 is 0 Å². The van der Waals surface area contributed by atoms with Gasteiger partial charge in [0.1, 0.15) is 5.52 Å². The third-order valence-electron chi connectivity index (χ3n) is 6.98. The molecule has 1 unspecified atom stereocenters. The second-order valence-corrected chi connectivity index (χ2v) is 12.6. The minimum absolute atomic E-state index is 0.0533. The normalized spacial score (nSPS) is 15.3. The van der Waals surface area contributed by atoms with E-state index in [0.717, 1.165) is 59.7 Å². The van der Waals surface area contributed by atoms with Crippen LogP contribution in [0.1, 0.15) is 54.3 Å². The van der Waals surface area contributed by atoms with Crippen LogP contribution in [0.3, 0.4) is 0 Å². The Labute approximate surface area is 221 Å². The maximum Gasteiger partial charge on any atom is 0.200 e. The van der Waals surface area contributed by atoms with E-state index >= 15 is 0 Å². The Kier molecular flexibility index (Phi) is 4.67. The van der Waals surface area contributed by atoms with Crippen molar-refractivity contribution < 1.29 is 4.42 Å². The average Bonchev–Trinajstić information content (AvgIpc) is 3.47. The predicted octanol–water partition coefficient (Wildman–Crippen LogP) is 9.20. The third kappa shape index (κ3) is 3.17. The lowest BCUT2D eigenvalue weighted by Crippen LogP contribution is -2.15. The van der Waals surface area contributed by atoms with E-state index in [9.17, 15) is 0 Å². The summed E-state index contributed by atoms with van der Waals surface area (Å²) < 4.78 is 8.92. The van der Waals surface area contributed by atoms with Gasteiger partial charge in [0.15, 0.2) is 5.58 Å². The van der Waals surface area contributed by atoms with Gasteiger partial charge >= 0.3 is 0 Å². The van der Waals surface area contributed by atoms with Gasteiger partial charge < -0.3 is 9.73 Å². The zero-order valence-corrected chi connectivity index (χ0v) is 22.8. The van der Waals surface area contributed by atoms with Crippen LogP contribution in [0.2, 0.25) is 0 Å². The molecule has 0 radical (unpaired) electrons. The van der Waals surface area contributed by atoms with Gasteiger partial charge in [0.05, 0.1) is 20.9 Å².